The lowest BCUT2D eigenvalue weighted by Crippen LogP contribution is -1.92. The predicted octanol–water partition coefficient (Wildman–Crippen LogP) is 4.42. The Kier molecular flexibility index (Phi) is 4.37. The Morgan fingerprint density at radius 1 is 0.647 bits per heavy atom. The highest BCUT2D eigenvalue weighted by Crippen LogP contribution is 2.11. The van der Waals surface area contributed by atoms with Crippen LogP contribution in [0.15, 0.2) is 54.6 Å². The first-order valence-electron chi connectivity index (χ1n) is 6.50. The summed E-state index contributed by atoms with van der Waals surface area (Å²) in [5, 5.41) is 0. The maximum atomic E-state index is 2.35. The Labute approximate surface area is 104 Å². The van der Waals surface area contributed by atoms with E-state index < -0.39 is 0 Å². The van der Waals surface area contributed by atoms with Crippen molar-refractivity contribution in [1.29, 1.82) is 0 Å². The molecule has 0 amide bonds. The average Bonchev–Trinajstić information content (AvgIpc) is 2.39. The molecule has 0 saturated carbocycles. The lowest BCUT2D eigenvalue weighted by molar-refractivity contribution is 0.907. The number of hydrogen-bond acceptors (Lipinski definition) is 0. The maximum absolute atomic E-state index is 2.35. The van der Waals surface area contributed by atoms with Gasteiger partial charge in [0.05, 0.1) is 0 Å². The van der Waals surface area contributed by atoms with Crippen molar-refractivity contribution in [2.75, 3.05) is 0 Å². The van der Waals surface area contributed by atoms with Crippen LogP contribution in [-0.4, -0.2) is 0 Å². The van der Waals surface area contributed by atoms with Crippen LogP contribution < -0.4 is 0 Å². The Hall–Kier alpha value is -1.56. The van der Waals surface area contributed by atoms with Gasteiger partial charge < -0.3 is 0 Å². The zero-order valence-corrected chi connectivity index (χ0v) is 10.5. The van der Waals surface area contributed by atoms with Gasteiger partial charge in [0.2, 0.25) is 0 Å². The van der Waals surface area contributed by atoms with Crippen LogP contribution in [0.3, 0.4) is 0 Å². The second-order valence-corrected chi connectivity index (χ2v) is 4.56. The molecule has 2 aromatic carbocycles. The highest BCUT2D eigenvalue weighted by Gasteiger charge is 1.97. The van der Waals surface area contributed by atoms with Gasteiger partial charge in [-0.15, -0.1) is 0 Å². The molecule has 0 heteroatoms. The van der Waals surface area contributed by atoms with Crippen LogP contribution in [0.25, 0.3) is 0 Å². The van der Waals surface area contributed by atoms with E-state index in [-0.39, 0.29) is 0 Å². The van der Waals surface area contributed by atoms with Crippen molar-refractivity contribution in [1.82, 2.24) is 0 Å². The van der Waals surface area contributed by atoms with E-state index in [1.807, 2.05) is 0 Å². The summed E-state index contributed by atoms with van der Waals surface area (Å²) in [5.74, 6) is 0. The molecular formula is C17H20. The second kappa shape index (κ2) is 6.24. The molecule has 0 bridgehead atoms. The quantitative estimate of drug-likeness (QED) is 0.705. The third kappa shape index (κ3) is 3.74. The van der Waals surface area contributed by atoms with E-state index in [0.717, 1.165) is 12.8 Å². The molecule has 0 aliphatic heterocycles. The third-order valence-electron chi connectivity index (χ3n) is 3.08. The summed E-state index contributed by atoms with van der Waals surface area (Å²) < 4.78 is 0. The number of aryl methyl sites for hydroxylation is 3. The topological polar surface area (TPSA) is 0 Å². The van der Waals surface area contributed by atoms with Crippen LogP contribution in [-0.2, 0) is 19.3 Å². The summed E-state index contributed by atoms with van der Waals surface area (Å²) in [7, 11) is 0. The van der Waals surface area contributed by atoms with Gasteiger partial charge in [-0.25, -0.2) is 0 Å². The molecule has 17 heavy (non-hydrogen) atoms. The Balaban J connectivity index is 1.97. The molecule has 0 fully saturated rings. The van der Waals surface area contributed by atoms with E-state index in [1.165, 1.54) is 29.5 Å². The highest BCUT2D eigenvalue weighted by molar-refractivity contribution is 5.25. The van der Waals surface area contributed by atoms with Crippen LogP contribution >= 0.6 is 0 Å². The Bertz CT molecular complexity index is 443. The van der Waals surface area contributed by atoms with Gasteiger partial charge in [0.1, 0.15) is 0 Å². The molecular weight excluding hydrogens is 204 g/mol. The summed E-state index contributed by atoms with van der Waals surface area (Å²) in [4.78, 5) is 0. The SMILES string of the molecule is CCCc1cccc(CCc2ccccc2)c1. The van der Waals surface area contributed by atoms with E-state index in [4.69, 9.17) is 0 Å². The molecule has 0 N–H and O–H groups in total. The molecule has 0 radical (unpaired) electrons. The zero-order chi connectivity index (χ0) is 11.9. The van der Waals surface area contributed by atoms with Crippen molar-refractivity contribution in [3.8, 4) is 0 Å². The summed E-state index contributed by atoms with van der Waals surface area (Å²) in [6.45, 7) is 2.23. The van der Waals surface area contributed by atoms with E-state index >= 15 is 0 Å². The molecule has 0 nitrogen and oxygen atoms in total. The van der Waals surface area contributed by atoms with Crippen molar-refractivity contribution < 1.29 is 0 Å². The van der Waals surface area contributed by atoms with Crippen molar-refractivity contribution in [2.24, 2.45) is 0 Å². The lowest BCUT2D eigenvalue weighted by atomic mass is 10.0. The number of hydrogen-bond donors (Lipinski definition) is 0. The molecule has 2 rings (SSSR count). The summed E-state index contributed by atoms with van der Waals surface area (Å²) >= 11 is 0. The second-order valence-electron chi connectivity index (χ2n) is 4.56. The Morgan fingerprint density at radius 3 is 1.94 bits per heavy atom. The molecule has 0 saturated heterocycles. The van der Waals surface area contributed by atoms with Crippen molar-refractivity contribution >= 4 is 0 Å². The van der Waals surface area contributed by atoms with Crippen molar-refractivity contribution in [3.63, 3.8) is 0 Å². The minimum atomic E-state index is 1.14. The van der Waals surface area contributed by atoms with Crippen LogP contribution in [0.2, 0.25) is 0 Å². The molecule has 0 unspecified atom stereocenters. The molecule has 0 heterocycles. The molecule has 2 aromatic rings. The fourth-order valence-corrected chi connectivity index (χ4v) is 2.16. The van der Waals surface area contributed by atoms with Crippen molar-refractivity contribution in [2.45, 2.75) is 32.6 Å². The van der Waals surface area contributed by atoms with Crippen LogP contribution in [0.4, 0.5) is 0 Å². The van der Waals surface area contributed by atoms with Gasteiger partial charge in [0, 0.05) is 0 Å². The van der Waals surface area contributed by atoms with Gasteiger partial charge in [-0.05, 0) is 36.0 Å². The smallest absolute Gasteiger partial charge is 0.0238 e. The third-order valence-corrected chi connectivity index (χ3v) is 3.08. The molecule has 0 aliphatic carbocycles. The van der Waals surface area contributed by atoms with E-state index in [2.05, 4.69) is 61.5 Å². The summed E-state index contributed by atoms with van der Waals surface area (Å²) in [5.41, 5.74) is 4.35. The molecule has 0 spiro atoms. The molecule has 0 aliphatic rings. The van der Waals surface area contributed by atoms with E-state index in [1.54, 1.807) is 0 Å². The normalized spacial score (nSPS) is 10.4. The van der Waals surface area contributed by atoms with Gasteiger partial charge in [0.15, 0.2) is 0 Å². The van der Waals surface area contributed by atoms with Gasteiger partial charge >= 0.3 is 0 Å². The van der Waals surface area contributed by atoms with Gasteiger partial charge in [-0.2, -0.15) is 0 Å². The first-order chi connectivity index (χ1) is 8.38. The average molecular weight is 224 g/mol. The van der Waals surface area contributed by atoms with E-state index in [0.29, 0.717) is 0 Å². The summed E-state index contributed by atoms with van der Waals surface area (Å²) in [6, 6.07) is 19.7. The highest BCUT2D eigenvalue weighted by atomic mass is 14.0. The first-order valence-corrected chi connectivity index (χ1v) is 6.50. The first kappa shape index (κ1) is 11.9. The fraction of sp³-hybridized carbons (Fsp3) is 0.294. The molecule has 0 atom stereocenters. The lowest BCUT2D eigenvalue weighted by Gasteiger charge is -2.05. The number of rotatable bonds is 5. The van der Waals surface area contributed by atoms with Crippen molar-refractivity contribution in [3.05, 3.63) is 71.3 Å². The van der Waals surface area contributed by atoms with Gasteiger partial charge in [-0.1, -0.05) is 67.9 Å². The largest absolute Gasteiger partial charge is 0.0651 e. The van der Waals surface area contributed by atoms with E-state index in [9.17, 15) is 0 Å². The minimum absolute atomic E-state index is 1.14. The van der Waals surface area contributed by atoms with Crippen LogP contribution in [0.1, 0.15) is 30.0 Å². The van der Waals surface area contributed by atoms with Crippen LogP contribution in [0, 0.1) is 0 Å². The molecule has 0 aromatic heterocycles. The van der Waals surface area contributed by atoms with Gasteiger partial charge in [-0.3, -0.25) is 0 Å². The summed E-state index contributed by atoms with van der Waals surface area (Å²) in [6.07, 6.45) is 4.69. The standard InChI is InChI=1S/C17H20/c1-2-7-16-10-6-11-17(14-16)13-12-15-8-4-3-5-9-15/h3-6,8-11,14H,2,7,12-13H2,1H3. The monoisotopic (exact) mass is 224 g/mol. The maximum Gasteiger partial charge on any atom is -0.0238 e. The fourth-order valence-electron chi connectivity index (χ4n) is 2.16. The molecule has 88 valence electrons. The minimum Gasteiger partial charge on any atom is -0.0651 e. The predicted molar refractivity (Wildman–Crippen MR) is 74.3 cm³/mol. The van der Waals surface area contributed by atoms with Gasteiger partial charge in [0.25, 0.3) is 0 Å². The number of benzene rings is 2. The zero-order valence-electron chi connectivity index (χ0n) is 10.5. The van der Waals surface area contributed by atoms with Crippen LogP contribution in [0.5, 0.6) is 0 Å². The Morgan fingerprint density at radius 2 is 1.24 bits per heavy atom.